The molecular formula is C33H55NO10. The van der Waals surface area contributed by atoms with Crippen molar-refractivity contribution in [1.82, 2.24) is 4.90 Å². The third-order valence-electron chi connectivity index (χ3n) is 7.55. The highest BCUT2D eigenvalue weighted by Gasteiger charge is 2.57. The summed E-state index contributed by atoms with van der Waals surface area (Å²) >= 11 is 0. The summed E-state index contributed by atoms with van der Waals surface area (Å²) in [6, 6.07) is 0. The first-order valence-electron chi connectivity index (χ1n) is 15.7. The molecule has 0 aromatic heterocycles. The van der Waals surface area contributed by atoms with Crippen molar-refractivity contribution in [2.75, 3.05) is 13.2 Å². The topological polar surface area (TPSA) is 135 Å². The molecule has 2 fully saturated rings. The van der Waals surface area contributed by atoms with E-state index in [0.29, 0.717) is 25.8 Å². The van der Waals surface area contributed by atoms with Crippen molar-refractivity contribution in [3.8, 4) is 0 Å². The fraction of sp³-hybridized carbons (Fsp3) is 0.848. The Labute approximate surface area is 263 Å². The van der Waals surface area contributed by atoms with E-state index in [4.69, 9.17) is 23.7 Å². The maximum atomic E-state index is 13.7. The van der Waals surface area contributed by atoms with Crippen LogP contribution in [0.5, 0.6) is 0 Å². The summed E-state index contributed by atoms with van der Waals surface area (Å²) in [5, 5.41) is 0. The van der Waals surface area contributed by atoms with Crippen LogP contribution in [0.3, 0.4) is 0 Å². The second-order valence-electron chi connectivity index (χ2n) is 16.1. The van der Waals surface area contributed by atoms with Gasteiger partial charge in [0, 0.05) is 12.5 Å². The number of hydrogen-bond donors (Lipinski definition) is 0. The van der Waals surface area contributed by atoms with Crippen LogP contribution in [-0.4, -0.2) is 78.5 Å². The standard InChI is InChI=1S/C33H55NO10/c1-14-19-16-15-17-34(24(19)35)25-23(44-29(39)33(11,12)13)22(43-28(38)32(8,9)10)21(42-27(37)31(5,6)7)20(41-25)18-40-26(36)30(2,3)4/h19-23,25H,14-18H2,1-13H3/t19-,20+,21-,22-,23+,25+/m0/s1. The average Bonchev–Trinajstić information content (AvgIpc) is 2.87. The largest absolute Gasteiger partial charge is 0.462 e. The molecule has 0 unspecified atom stereocenters. The van der Waals surface area contributed by atoms with Crippen LogP contribution in [0.25, 0.3) is 0 Å². The van der Waals surface area contributed by atoms with Crippen molar-refractivity contribution >= 4 is 29.8 Å². The lowest BCUT2D eigenvalue weighted by Gasteiger charge is -2.50. The Morgan fingerprint density at radius 1 is 0.705 bits per heavy atom. The molecule has 0 N–H and O–H groups in total. The highest BCUT2D eigenvalue weighted by atomic mass is 16.7. The van der Waals surface area contributed by atoms with Crippen molar-refractivity contribution in [1.29, 1.82) is 0 Å². The second kappa shape index (κ2) is 13.7. The summed E-state index contributed by atoms with van der Waals surface area (Å²) in [5.41, 5.74) is -3.74. The Kier molecular flexibility index (Phi) is 11.7. The Morgan fingerprint density at radius 3 is 1.57 bits per heavy atom. The molecule has 0 aromatic rings. The maximum absolute atomic E-state index is 13.7. The van der Waals surface area contributed by atoms with Gasteiger partial charge in [-0.05, 0) is 102 Å². The molecule has 44 heavy (non-hydrogen) atoms. The Hall–Kier alpha value is -2.69. The first kappa shape index (κ1) is 37.5. The van der Waals surface area contributed by atoms with Crippen LogP contribution in [0, 0.1) is 27.6 Å². The quantitative estimate of drug-likeness (QED) is 0.286. The van der Waals surface area contributed by atoms with E-state index in [1.165, 1.54) is 4.90 Å². The first-order valence-corrected chi connectivity index (χ1v) is 15.7. The van der Waals surface area contributed by atoms with Gasteiger partial charge < -0.3 is 28.6 Å². The van der Waals surface area contributed by atoms with Crippen molar-refractivity contribution < 1.29 is 47.7 Å². The van der Waals surface area contributed by atoms with E-state index in [9.17, 15) is 24.0 Å². The first-order chi connectivity index (χ1) is 19.9. The zero-order valence-electron chi connectivity index (χ0n) is 29.0. The van der Waals surface area contributed by atoms with Crippen LogP contribution in [0.2, 0.25) is 0 Å². The van der Waals surface area contributed by atoms with E-state index in [2.05, 4.69) is 0 Å². The van der Waals surface area contributed by atoms with E-state index in [-0.39, 0.29) is 18.4 Å². The molecule has 0 spiro atoms. The van der Waals surface area contributed by atoms with Gasteiger partial charge in [0.25, 0.3) is 0 Å². The smallest absolute Gasteiger partial charge is 0.311 e. The Balaban J connectivity index is 2.76. The molecule has 2 heterocycles. The minimum absolute atomic E-state index is 0.183. The van der Waals surface area contributed by atoms with Crippen LogP contribution in [0.1, 0.15) is 109 Å². The van der Waals surface area contributed by atoms with Crippen LogP contribution < -0.4 is 0 Å². The van der Waals surface area contributed by atoms with Gasteiger partial charge in [0.1, 0.15) is 12.7 Å². The summed E-state index contributed by atoms with van der Waals surface area (Å²) in [4.78, 5) is 68.2. The molecule has 252 valence electrons. The number of likely N-dealkylation sites (tertiary alicyclic amines) is 1. The van der Waals surface area contributed by atoms with Gasteiger partial charge in [-0.1, -0.05) is 6.92 Å². The van der Waals surface area contributed by atoms with Crippen molar-refractivity contribution in [3.05, 3.63) is 0 Å². The number of carbonyl (C=O) groups excluding carboxylic acids is 5. The van der Waals surface area contributed by atoms with Crippen LogP contribution >= 0.6 is 0 Å². The van der Waals surface area contributed by atoms with Crippen molar-refractivity contribution in [2.45, 2.75) is 140 Å². The molecule has 2 saturated heterocycles. The normalized spacial score (nSPS) is 26.9. The Morgan fingerprint density at radius 2 is 1.14 bits per heavy atom. The van der Waals surface area contributed by atoms with Crippen LogP contribution in [0.4, 0.5) is 0 Å². The summed E-state index contributed by atoms with van der Waals surface area (Å²) in [6.07, 6.45) is -4.44. The molecule has 11 nitrogen and oxygen atoms in total. The zero-order chi connectivity index (χ0) is 34.0. The molecule has 1 amide bonds. The minimum Gasteiger partial charge on any atom is -0.462 e. The second-order valence-corrected chi connectivity index (χ2v) is 16.1. The molecule has 6 atom stereocenters. The molecular weight excluding hydrogens is 570 g/mol. The lowest BCUT2D eigenvalue weighted by Crippen LogP contribution is -2.68. The number of rotatable bonds is 7. The molecule has 2 aliphatic heterocycles. The number of amides is 1. The van der Waals surface area contributed by atoms with Gasteiger partial charge in [0.15, 0.2) is 24.5 Å². The van der Waals surface area contributed by atoms with Gasteiger partial charge in [0.2, 0.25) is 5.91 Å². The fourth-order valence-corrected chi connectivity index (χ4v) is 4.57. The third kappa shape index (κ3) is 9.41. The van der Waals surface area contributed by atoms with Gasteiger partial charge in [0.05, 0.1) is 21.7 Å². The third-order valence-corrected chi connectivity index (χ3v) is 7.55. The average molecular weight is 626 g/mol. The number of ether oxygens (including phenoxy) is 5. The zero-order valence-corrected chi connectivity index (χ0v) is 29.0. The Bertz CT molecular complexity index is 1070. The van der Waals surface area contributed by atoms with Gasteiger partial charge in [-0.25, -0.2) is 0 Å². The maximum Gasteiger partial charge on any atom is 0.311 e. The lowest BCUT2D eigenvalue weighted by molar-refractivity contribution is -0.283. The van der Waals surface area contributed by atoms with E-state index in [1.54, 1.807) is 83.1 Å². The summed E-state index contributed by atoms with van der Waals surface area (Å²) < 4.78 is 30.2. The van der Waals surface area contributed by atoms with E-state index >= 15 is 0 Å². The predicted molar refractivity (Wildman–Crippen MR) is 162 cm³/mol. The summed E-state index contributed by atoms with van der Waals surface area (Å²) in [6.45, 7) is 22.0. The fourth-order valence-electron chi connectivity index (χ4n) is 4.57. The molecule has 0 saturated carbocycles. The van der Waals surface area contributed by atoms with E-state index in [1.807, 2.05) is 6.92 Å². The number of esters is 4. The van der Waals surface area contributed by atoms with Crippen LogP contribution in [-0.2, 0) is 47.7 Å². The highest BCUT2D eigenvalue weighted by molar-refractivity contribution is 5.80. The minimum atomic E-state index is -1.38. The monoisotopic (exact) mass is 625 g/mol. The van der Waals surface area contributed by atoms with Crippen molar-refractivity contribution in [3.63, 3.8) is 0 Å². The number of carbonyl (C=O) groups is 5. The molecule has 2 rings (SSSR count). The van der Waals surface area contributed by atoms with E-state index in [0.717, 1.165) is 0 Å². The molecule has 0 aliphatic carbocycles. The molecule has 0 radical (unpaired) electrons. The van der Waals surface area contributed by atoms with Crippen LogP contribution in [0.15, 0.2) is 0 Å². The van der Waals surface area contributed by atoms with E-state index < -0.39 is 76.2 Å². The van der Waals surface area contributed by atoms with Gasteiger partial charge in [-0.2, -0.15) is 0 Å². The predicted octanol–water partition coefficient (Wildman–Crippen LogP) is 4.82. The van der Waals surface area contributed by atoms with Crippen molar-refractivity contribution in [2.24, 2.45) is 27.6 Å². The number of piperidine rings is 1. The summed E-state index contributed by atoms with van der Waals surface area (Å²) in [5.74, 6) is -2.87. The number of nitrogens with zero attached hydrogens (tertiary/aromatic N) is 1. The molecule has 11 heteroatoms. The molecule has 0 aromatic carbocycles. The molecule has 2 aliphatic rings. The van der Waals surface area contributed by atoms with Gasteiger partial charge >= 0.3 is 23.9 Å². The number of hydrogen-bond acceptors (Lipinski definition) is 10. The molecule has 0 bridgehead atoms. The van der Waals surface area contributed by atoms with Gasteiger partial charge in [-0.3, -0.25) is 24.0 Å². The van der Waals surface area contributed by atoms with Gasteiger partial charge in [-0.15, -0.1) is 0 Å². The highest BCUT2D eigenvalue weighted by Crippen LogP contribution is 2.37. The SMILES string of the molecule is CC[C@H]1CCCN([C@@H]2O[C@H](COC(=O)C(C)(C)C)[C@H](OC(=O)C(C)(C)C)[C@H](OC(=O)C(C)(C)C)[C@H]2OC(=O)C(C)(C)C)C1=O. The summed E-state index contributed by atoms with van der Waals surface area (Å²) in [7, 11) is 0. The lowest BCUT2D eigenvalue weighted by atomic mass is 9.90.